The molecule has 0 heterocycles. The lowest BCUT2D eigenvalue weighted by Gasteiger charge is -2.32. The maximum absolute atomic E-state index is 17.7. The fraction of sp³-hybridized carbons (Fsp3) is 0.0746. The van der Waals surface area contributed by atoms with Crippen LogP contribution in [0.2, 0.25) is 0 Å². The van der Waals surface area contributed by atoms with Gasteiger partial charge in [-0.3, -0.25) is 0 Å². The van der Waals surface area contributed by atoms with E-state index in [0.717, 1.165) is 113 Å². The van der Waals surface area contributed by atoms with Gasteiger partial charge in [-0.15, -0.1) is 0 Å². The zero-order valence-electron chi connectivity index (χ0n) is 39.7. The predicted molar refractivity (Wildman–Crippen MR) is 293 cm³/mol. The maximum Gasteiger partial charge on any atom is 0.148 e. The Morgan fingerprint density at radius 1 is 0.394 bits per heavy atom. The van der Waals surface area contributed by atoms with Gasteiger partial charge in [0.1, 0.15) is 11.6 Å². The lowest BCUT2D eigenvalue weighted by atomic mass is 9.81. The summed E-state index contributed by atoms with van der Waals surface area (Å²) >= 11 is 0. The number of anilines is 6. The molecule has 0 amide bonds. The van der Waals surface area contributed by atoms with Crippen molar-refractivity contribution in [2.24, 2.45) is 0 Å². The predicted octanol–water partition coefficient (Wildman–Crippen LogP) is 19.1. The molecule has 0 atom stereocenters. The highest BCUT2D eigenvalue weighted by Crippen LogP contribution is 2.57. The van der Waals surface area contributed by atoms with E-state index < -0.39 is 5.41 Å². The van der Waals surface area contributed by atoms with Gasteiger partial charge in [0, 0.05) is 39.0 Å². The fourth-order valence-corrected chi connectivity index (χ4v) is 10.9. The molecule has 0 aromatic heterocycles. The van der Waals surface area contributed by atoms with Crippen molar-refractivity contribution in [2.75, 3.05) is 9.80 Å². The smallest absolute Gasteiger partial charge is 0.148 e. The molecule has 0 saturated carbocycles. The van der Waals surface area contributed by atoms with Gasteiger partial charge in [0.15, 0.2) is 0 Å². The van der Waals surface area contributed by atoms with Crippen LogP contribution in [0.15, 0.2) is 243 Å². The quantitative estimate of drug-likeness (QED) is 0.135. The van der Waals surface area contributed by atoms with Crippen LogP contribution in [-0.2, 0) is 5.41 Å². The Morgan fingerprint density at radius 2 is 0.901 bits per heavy atom. The standard InChI is InChI=1S/C67H50F2N2/c1-67(2)59-43-53(70(51-31-17-7-18-32-51)65-57(47-27-13-5-14-28-47)39-49(41-61(65)68)45-23-9-3-10-24-45)37-38-56(59)64-55-36-22-21-35-54(55)63(44-60(64)67)71(52-33-19-8-20-34-52)66-58(48-29-15-6-16-30-48)40-50(42-62(66)69)46-25-11-4-12-26-46/h4-9,11-44H,3,10H2,1-2H3. The van der Waals surface area contributed by atoms with Crippen molar-refractivity contribution in [2.45, 2.75) is 32.1 Å². The second-order valence-electron chi connectivity index (χ2n) is 19.0. The summed E-state index contributed by atoms with van der Waals surface area (Å²) in [4.78, 5) is 4.20. The second kappa shape index (κ2) is 18.0. The van der Waals surface area contributed by atoms with Crippen LogP contribution in [0.5, 0.6) is 0 Å². The number of fused-ring (bicyclic) bond motifs is 5. The first-order chi connectivity index (χ1) is 34.8. The summed E-state index contributed by atoms with van der Waals surface area (Å²) in [5.41, 5.74) is 15.4. The molecular weight excluding hydrogens is 871 g/mol. The minimum atomic E-state index is -0.535. The normalized spacial score (nSPS) is 13.4. The van der Waals surface area contributed by atoms with Crippen molar-refractivity contribution in [3.8, 4) is 44.5 Å². The molecule has 0 unspecified atom stereocenters. The van der Waals surface area contributed by atoms with Gasteiger partial charge < -0.3 is 9.80 Å². The molecule has 2 aliphatic carbocycles. The molecule has 10 aromatic rings. The average Bonchev–Trinajstić information content (AvgIpc) is 3.66. The van der Waals surface area contributed by atoms with Crippen molar-refractivity contribution < 1.29 is 8.78 Å². The minimum absolute atomic E-state index is 0.302. The van der Waals surface area contributed by atoms with Crippen LogP contribution in [0.3, 0.4) is 0 Å². The van der Waals surface area contributed by atoms with Crippen LogP contribution in [0.25, 0.3) is 60.9 Å². The number of halogens is 2. The third kappa shape index (κ3) is 7.73. The second-order valence-corrected chi connectivity index (χ2v) is 19.0. The van der Waals surface area contributed by atoms with E-state index in [1.54, 1.807) is 12.1 Å². The lowest BCUT2D eigenvalue weighted by molar-refractivity contribution is 0.628. The molecule has 0 saturated heterocycles. The molecule has 2 aliphatic rings. The average molecular weight is 921 g/mol. The Labute approximate surface area is 414 Å². The third-order valence-electron chi connectivity index (χ3n) is 14.3. The Balaban J connectivity index is 1.07. The minimum Gasteiger partial charge on any atom is -0.307 e. The Morgan fingerprint density at radius 3 is 1.49 bits per heavy atom. The van der Waals surface area contributed by atoms with E-state index in [0.29, 0.717) is 11.4 Å². The molecule has 4 heteroatoms. The highest BCUT2D eigenvalue weighted by atomic mass is 19.1. The van der Waals surface area contributed by atoms with E-state index in [1.165, 1.54) is 0 Å². The molecule has 0 aliphatic heterocycles. The Hall–Kier alpha value is -8.60. The summed E-state index contributed by atoms with van der Waals surface area (Å²) in [7, 11) is 0. The third-order valence-corrected chi connectivity index (χ3v) is 14.3. The number of benzene rings is 10. The number of allylic oxidation sites excluding steroid dienone is 4. The number of para-hydroxylation sites is 2. The summed E-state index contributed by atoms with van der Waals surface area (Å²) in [6, 6.07) is 75.6. The molecule has 12 rings (SSSR count). The summed E-state index contributed by atoms with van der Waals surface area (Å²) in [6.07, 6.45) is 8.38. The van der Waals surface area contributed by atoms with Crippen molar-refractivity contribution in [1.82, 2.24) is 0 Å². The summed E-state index contributed by atoms with van der Waals surface area (Å²) < 4.78 is 35.3. The fourth-order valence-electron chi connectivity index (χ4n) is 10.9. The van der Waals surface area contributed by atoms with Gasteiger partial charge in [0.2, 0.25) is 0 Å². The van der Waals surface area contributed by atoms with Gasteiger partial charge in [-0.2, -0.15) is 0 Å². The number of hydrogen-bond acceptors (Lipinski definition) is 2. The first-order valence-electron chi connectivity index (χ1n) is 24.5. The van der Waals surface area contributed by atoms with Gasteiger partial charge in [-0.25, -0.2) is 8.78 Å². The van der Waals surface area contributed by atoms with Crippen molar-refractivity contribution in [3.63, 3.8) is 0 Å². The summed E-state index contributed by atoms with van der Waals surface area (Å²) in [5.74, 6) is -0.627. The molecule has 0 fully saturated rings. The van der Waals surface area contributed by atoms with Crippen LogP contribution in [-0.4, -0.2) is 0 Å². The first kappa shape index (κ1) is 43.7. The van der Waals surface area contributed by atoms with Crippen LogP contribution in [0.4, 0.5) is 42.9 Å². The molecular formula is C67H50F2N2. The molecule has 71 heavy (non-hydrogen) atoms. The Bertz CT molecular complexity index is 3680. The van der Waals surface area contributed by atoms with Gasteiger partial charge in [-0.1, -0.05) is 190 Å². The molecule has 2 nitrogen and oxygen atoms in total. The Kier molecular flexibility index (Phi) is 11.1. The van der Waals surface area contributed by atoms with E-state index >= 15 is 8.78 Å². The SMILES string of the molecule is CC1(C)c2cc(N(c3ccccc3)c3c(F)cc(C4=CCCC=C4)cc3-c3ccccc3)ccc2-c2c1cc(N(c1ccccc1)c1c(F)cc(-c3ccccc3)cc1-c1ccccc1)c1ccccc21. The van der Waals surface area contributed by atoms with Crippen LogP contribution < -0.4 is 9.80 Å². The molecule has 10 aromatic carbocycles. The number of nitrogens with zero attached hydrogens (tertiary/aromatic N) is 2. The highest BCUT2D eigenvalue weighted by Gasteiger charge is 2.39. The zero-order valence-corrected chi connectivity index (χ0v) is 39.7. The molecule has 0 bridgehead atoms. The summed E-state index contributed by atoms with van der Waals surface area (Å²) in [5, 5.41) is 2.07. The van der Waals surface area contributed by atoms with Crippen molar-refractivity contribution in [3.05, 3.63) is 271 Å². The summed E-state index contributed by atoms with van der Waals surface area (Å²) in [6.45, 7) is 4.56. The van der Waals surface area contributed by atoms with Gasteiger partial charge >= 0.3 is 0 Å². The molecule has 342 valence electrons. The molecule has 0 spiro atoms. The molecule has 0 N–H and O–H groups in total. The van der Waals surface area contributed by atoms with Crippen molar-refractivity contribution >= 4 is 50.5 Å². The monoisotopic (exact) mass is 920 g/mol. The topological polar surface area (TPSA) is 6.48 Å². The van der Waals surface area contributed by atoms with E-state index in [2.05, 4.69) is 151 Å². The van der Waals surface area contributed by atoms with Crippen LogP contribution in [0.1, 0.15) is 43.4 Å². The number of rotatable bonds is 10. The van der Waals surface area contributed by atoms with Gasteiger partial charge in [0.05, 0.1) is 17.1 Å². The van der Waals surface area contributed by atoms with Gasteiger partial charge in [-0.05, 0) is 141 Å². The van der Waals surface area contributed by atoms with E-state index in [4.69, 9.17) is 0 Å². The number of hydrogen-bond donors (Lipinski definition) is 0. The zero-order chi connectivity index (χ0) is 48.1. The lowest BCUT2D eigenvalue weighted by Crippen LogP contribution is -2.19. The first-order valence-corrected chi connectivity index (χ1v) is 24.5. The maximum atomic E-state index is 17.7. The largest absolute Gasteiger partial charge is 0.307 e. The van der Waals surface area contributed by atoms with Crippen LogP contribution >= 0.6 is 0 Å². The van der Waals surface area contributed by atoms with Gasteiger partial charge in [0.25, 0.3) is 0 Å². The van der Waals surface area contributed by atoms with Crippen LogP contribution in [0, 0.1) is 11.6 Å². The van der Waals surface area contributed by atoms with E-state index in [-0.39, 0.29) is 11.6 Å². The van der Waals surface area contributed by atoms with E-state index in [1.807, 2.05) is 103 Å². The molecule has 0 radical (unpaired) electrons. The van der Waals surface area contributed by atoms with E-state index in [9.17, 15) is 0 Å². The van der Waals surface area contributed by atoms with Crippen molar-refractivity contribution in [1.29, 1.82) is 0 Å². The highest BCUT2D eigenvalue weighted by molar-refractivity contribution is 6.11.